The van der Waals surface area contributed by atoms with Crippen LogP contribution in [0, 0.1) is 13.8 Å². The lowest BCUT2D eigenvalue weighted by molar-refractivity contribution is -0.135. The van der Waals surface area contributed by atoms with Crippen molar-refractivity contribution in [1.29, 1.82) is 0 Å². The minimum atomic E-state index is -1.12. The number of aliphatic carboxylic acids is 1. The van der Waals surface area contributed by atoms with Crippen LogP contribution in [0.5, 0.6) is 0 Å². The van der Waals surface area contributed by atoms with Gasteiger partial charge >= 0.3 is 5.97 Å². The molecule has 0 unspecified atom stereocenters. The van der Waals surface area contributed by atoms with Gasteiger partial charge in [0.05, 0.1) is 5.75 Å². The maximum Gasteiger partial charge on any atom is 0.322 e. The highest BCUT2D eigenvalue weighted by molar-refractivity contribution is 7.99. The minimum Gasteiger partial charge on any atom is -0.480 e. The van der Waals surface area contributed by atoms with Gasteiger partial charge in [0.1, 0.15) is 6.54 Å². The summed E-state index contributed by atoms with van der Waals surface area (Å²) in [6.45, 7) is 3.29. The van der Waals surface area contributed by atoms with Crippen molar-refractivity contribution in [1.82, 2.24) is 15.3 Å². The molecule has 1 aromatic carbocycles. The molecule has 9 heteroatoms. The number of nitrogens with zero attached hydrogens (tertiary/aromatic N) is 2. The second-order valence-corrected chi connectivity index (χ2v) is 6.37. The number of benzene rings is 1. The summed E-state index contributed by atoms with van der Waals surface area (Å²) in [6.07, 6.45) is 0. The fourth-order valence-corrected chi connectivity index (χ4v) is 2.80. The summed E-state index contributed by atoms with van der Waals surface area (Å²) in [5, 5.41) is 14.1. The van der Waals surface area contributed by atoms with Crippen molar-refractivity contribution in [2.45, 2.75) is 19.0 Å². The summed E-state index contributed by atoms with van der Waals surface area (Å²) in [4.78, 5) is 42.7. The van der Waals surface area contributed by atoms with E-state index in [9.17, 15) is 14.4 Å². The fourth-order valence-electron chi connectivity index (χ4n) is 2.05. The molecule has 0 saturated heterocycles. The lowest BCUT2D eigenvalue weighted by atomic mass is 10.2. The lowest BCUT2D eigenvalue weighted by Crippen LogP contribution is -2.29. The molecule has 2 amide bonds. The van der Waals surface area contributed by atoms with Crippen LogP contribution >= 0.6 is 11.8 Å². The van der Waals surface area contributed by atoms with E-state index in [4.69, 9.17) is 5.11 Å². The van der Waals surface area contributed by atoms with Crippen LogP contribution in [0.3, 0.4) is 0 Å². The van der Waals surface area contributed by atoms with Crippen LogP contribution in [0.2, 0.25) is 0 Å². The Hall–Kier alpha value is -2.94. The number of anilines is 1. The highest BCUT2D eigenvalue weighted by atomic mass is 32.2. The summed E-state index contributed by atoms with van der Waals surface area (Å²) in [7, 11) is 0. The Morgan fingerprint density at radius 3 is 2.27 bits per heavy atom. The number of carbonyl (C=O) groups excluding carboxylic acids is 2. The molecular weight excluding hydrogens is 356 g/mol. The van der Waals surface area contributed by atoms with Gasteiger partial charge < -0.3 is 15.7 Å². The topological polar surface area (TPSA) is 121 Å². The van der Waals surface area contributed by atoms with E-state index in [0.29, 0.717) is 16.4 Å². The highest BCUT2D eigenvalue weighted by Gasteiger charge is 2.09. The van der Waals surface area contributed by atoms with E-state index in [1.807, 2.05) is 19.9 Å². The molecule has 8 nitrogen and oxygen atoms in total. The molecule has 0 spiro atoms. The molecule has 2 rings (SSSR count). The van der Waals surface area contributed by atoms with Crippen molar-refractivity contribution in [3.63, 3.8) is 0 Å². The van der Waals surface area contributed by atoms with Crippen molar-refractivity contribution in [2.24, 2.45) is 0 Å². The smallest absolute Gasteiger partial charge is 0.322 e. The lowest BCUT2D eigenvalue weighted by Gasteiger charge is -2.07. The predicted molar refractivity (Wildman–Crippen MR) is 97.3 cm³/mol. The maximum absolute atomic E-state index is 12.0. The van der Waals surface area contributed by atoms with E-state index in [2.05, 4.69) is 20.6 Å². The standard InChI is InChI=1S/C17H18N4O4S/c1-10-7-11(2)20-17(19-10)26-9-14(22)21-13-5-3-12(4-6-13)16(25)18-8-15(23)24/h3-7H,8-9H2,1-2H3,(H,18,25)(H,21,22)(H,23,24). The summed E-state index contributed by atoms with van der Waals surface area (Å²) in [5.74, 6) is -1.68. The van der Waals surface area contributed by atoms with Crippen molar-refractivity contribution in [2.75, 3.05) is 17.6 Å². The monoisotopic (exact) mass is 374 g/mol. The third kappa shape index (κ3) is 6.17. The first-order valence-corrected chi connectivity index (χ1v) is 8.67. The number of carboxylic acids is 1. The van der Waals surface area contributed by atoms with Crippen LogP contribution in [-0.4, -0.2) is 45.2 Å². The molecule has 0 aliphatic heterocycles. The quantitative estimate of drug-likeness (QED) is 0.497. The van der Waals surface area contributed by atoms with E-state index in [1.54, 1.807) is 12.1 Å². The number of aryl methyl sites for hydroxylation is 2. The summed E-state index contributed by atoms with van der Waals surface area (Å²) in [5.41, 5.74) is 2.53. The van der Waals surface area contributed by atoms with Crippen LogP contribution in [0.1, 0.15) is 21.7 Å². The zero-order chi connectivity index (χ0) is 19.1. The molecule has 136 valence electrons. The first-order chi connectivity index (χ1) is 12.3. The zero-order valence-electron chi connectivity index (χ0n) is 14.3. The number of amides is 2. The molecular formula is C17H18N4O4S. The Labute approximate surface area is 154 Å². The molecule has 1 aromatic heterocycles. The van der Waals surface area contributed by atoms with Gasteiger partial charge in [0.15, 0.2) is 5.16 Å². The number of thioether (sulfide) groups is 1. The Morgan fingerprint density at radius 2 is 1.69 bits per heavy atom. The molecule has 0 atom stereocenters. The van der Waals surface area contributed by atoms with E-state index in [0.717, 1.165) is 11.4 Å². The van der Waals surface area contributed by atoms with E-state index >= 15 is 0 Å². The van der Waals surface area contributed by atoms with Crippen LogP contribution in [0.4, 0.5) is 5.69 Å². The third-order valence-electron chi connectivity index (χ3n) is 3.13. The van der Waals surface area contributed by atoms with E-state index in [-0.39, 0.29) is 11.7 Å². The molecule has 1 heterocycles. The largest absolute Gasteiger partial charge is 0.480 e. The molecule has 3 N–H and O–H groups in total. The highest BCUT2D eigenvalue weighted by Crippen LogP contribution is 2.15. The van der Waals surface area contributed by atoms with Crippen molar-refractivity contribution in [3.8, 4) is 0 Å². The fraction of sp³-hybridized carbons (Fsp3) is 0.235. The van der Waals surface area contributed by atoms with Crippen molar-refractivity contribution in [3.05, 3.63) is 47.3 Å². The average Bonchev–Trinajstić information content (AvgIpc) is 2.57. The zero-order valence-corrected chi connectivity index (χ0v) is 15.1. The Balaban J connectivity index is 1.86. The number of carbonyl (C=O) groups is 3. The predicted octanol–water partition coefficient (Wildman–Crippen LogP) is 1.64. The third-order valence-corrected chi connectivity index (χ3v) is 3.97. The van der Waals surface area contributed by atoms with E-state index in [1.165, 1.54) is 23.9 Å². The van der Waals surface area contributed by atoms with Crippen LogP contribution in [0.25, 0.3) is 0 Å². The maximum atomic E-state index is 12.0. The average molecular weight is 374 g/mol. The van der Waals surface area contributed by atoms with Gasteiger partial charge in [-0.25, -0.2) is 9.97 Å². The number of nitrogens with one attached hydrogen (secondary N) is 2. The summed E-state index contributed by atoms with van der Waals surface area (Å²) < 4.78 is 0. The molecule has 2 aromatic rings. The van der Waals surface area contributed by atoms with Gasteiger partial charge in [0.2, 0.25) is 5.91 Å². The van der Waals surface area contributed by atoms with Crippen LogP contribution in [0.15, 0.2) is 35.5 Å². The van der Waals surface area contributed by atoms with Crippen molar-refractivity contribution < 1.29 is 19.5 Å². The second kappa shape index (κ2) is 8.95. The molecule has 0 aliphatic rings. The number of carboxylic acid groups (broad SMARTS) is 1. The van der Waals surface area contributed by atoms with Gasteiger partial charge in [-0.05, 0) is 44.2 Å². The van der Waals surface area contributed by atoms with Gasteiger partial charge in [-0.2, -0.15) is 0 Å². The molecule has 0 radical (unpaired) electrons. The summed E-state index contributed by atoms with van der Waals surface area (Å²) in [6, 6.07) is 8.02. The Bertz CT molecular complexity index is 804. The number of hydrogen-bond acceptors (Lipinski definition) is 6. The van der Waals surface area contributed by atoms with Gasteiger partial charge in [-0.3, -0.25) is 14.4 Å². The van der Waals surface area contributed by atoms with Gasteiger partial charge in [0, 0.05) is 22.6 Å². The Kier molecular flexibility index (Phi) is 6.67. The number of hydrogen-bond donors (Lipinski definition) is 3. The summed E-state index contributed by atoms with van der Waals surface area (Å²) >= 11 is 1.24. The van der Waals surface area contributed by atoms with Gasteiger partial charge in [-0.1, -0.05) is 11.8 Å². The second-order valence-electron chi connectivity index (χ2n) is 5.42. The minimum absolute atomic E-state index is 0.156. The Morgan fingerprint density at radius 1 is 1.08 bits per heavy atom. The van der Waals surface area contributed by atoms with Gasteiger partial charge in [0.25, 0.3) is 5.91 Å². The normalized spacial score (nSPS) is 10.2. The SMILES string of the molecule is Cc1cc(C)nc(SCC(=O)Nc2ccc(C(=O)NCC(=O)O)cc2)n1. The molecule has 0 bridgehead atoms. The van der Waals surface area contributed by atoms with E-state index < -0.39 is 18.4 Å². The number of aromatic nitrogens is 2. The first-order valence-electron chi connectivity index (χ1n) is 7.68. The number of rotatable bonds is 7. The molecule has 0 saturated carbocycles. The van der Waals surface area contributed by atoms with Crippen LogP contribution in [-0.2, 0) is 9.59 Å². The van der Waals surface area contributed by atoms with Gasteiger partial charge in [-0.15, -0.1) is 0 Å². The molecule has 26 heavy (non-hydrogen) atoms. The van der Waals surface area contributed by atoms with Crippen molar-refractivity contribution >= 4 is 35.2 Å². The van der Waals surface area contributed by atoms with Crippen LogP contribution < -0.4 is 10.6 Å². The molecule has 0 aliphatic carbocycles. The molecule has 0 fully saturated rings. The first kappa shape index (κ1) is 19.4.